The molecule has 1 amide bonds. The summed E-state index contributed by atoms with van der Waals surface area (Å²) in [6, 6.07) is 11.0. The van der Waals surface area contributed by atoms with Gasteiger partial charge in [-0.3, -0.25) is 4.79 Å². The number of benzene rings is 2. The second kappa shape index (κ2) is 10.9. The smallest absolute Gasteiger partial charge is 0.479 e. The lowest BCUT2D eigenvalue weighted by Crippen LogP contribution is -2.39. The Morgan fingerprint density at radius 2 is 1.56 bits per heavy atom. The Balaban J connectivity index is 0.000000347. The zero-order chi connectivity index (χ0) is 25.6. The Hall–Kier alpha value is -3.71. The molecule has 184 valence electrons. The molecule has 13 heteroatoms. The number of aliphatic hydroxyl groups excluding tert-OH is 2. The van der Waals surface area contributed by atoms with Crippen molar-refractivity contribution in [1.82, 2.24) is 0 Å². The summed E-state index contributed by atoms with van der Waals surface area (Å²) in [5, 5.41) is 32.5. The highest BCUT2D eigenvalue weighted by Gasteiger charge is 2.34. The summed E-state index contributed by atoms with van der Waals surface area (Å²) in [6.07, 6.45) is -8.77. The maximum absolute atomic E-state index is 13.3. The van der Waals surface area contributed by atoms with Gasteiger partial charge in [0.2, 0.25) is 5.91 Å². The highest BCUT2D eigenvalue weighted by Crippen LogP contribution is 2.33. The molecule has 1 saturated heterocycles. The van der Waals surface area contributed by atoms with Crippen LogP contribution in [0, 0.1) is 5.82 Å². The molecule has 1 aliphatic rings. The van der Waals surface area contributed by atoms with Crippen LogP contribution in [0.1, 0.15) is 17.9 Å². The zero-order valence-corrected chi connectivity index (χ0v) is 17.1. The number of anilines is 1. The fourth-order valence-corrected chi connectivity index (χ4v) is 3.07. The van der Waals surface area contributed by atoms with Gasteiger partial charge in [0.1, 0.15) is 11.6 Å². The molecule has 0 saturated carbocycles. The van der Waals surface area contributed by atoms with Gasteiger partial charge in [-0.15, -0.1) is 13.2 Å². The minimum atomic E-state index is -4.76. The number of carboxylic acids is 2. The quantitative estimate of drug-likeness (QED) is 0.452. The lowest BCUT2D eigenvalue weighted by molar-refractivity contribution is -0.274. The summed E-state index contributed by atoms with van der Waals surface area (Å²) in [7, 11) is 0. The van der Waals surface area contributed by atoms with Crippen molar-refractivity contribution in [3.8, 4) is 5.75 Å². The molecule has 0 aliphatic carbocycles. The van der Waals surface area contributed by atoms with Crippen molar-refractivity contribution >= 4 is 23.5 Å². The lowest BCUT2D eigenvalue weighted by atomic mass is 9.98. The molecule has 2 aromatic carbocycles. The molecule has 4 N–H and O–H groups in total. The number of hydrogen-bond acceptors (Lipinski definition) is 6. The van der Waals surface area contributed by atoms with E-state index < -0.39 is 42.2 Å². The largest absolute Gasteiger partial charge is 0.573 e. The van der Waals surface area contributed by atoms with Gasteiger partial charge < -0.3 is 30.1 Å². The molecule has 1 aliphatic heterocycles. The Morgan fingerprint density at radius 3 is 2.03 bits per heavy atom. The van der Waals surface area contributed by atoms with Gasteiger partial charge in [-0.1, -0.05) is 12.1 Å². The minimum absolute atomic E-state index is 0.204. The van der Waals surface area contributed by atoms with Crippen molar-refractivity contribution in [3.05, 3.63) is 59.9 Å². The van der Waals surface area contributed by atoms with Crippen LogP contribution in [-0.2, 0) is 14.4 Å². The summed E-state index contributed by atoms with van der Waals surface area (Å²) >= 11 is 0. The van der Waals surface area contributed by atoms with E-state index in [1.54, 1.807) is 12.1 Å². The zero-order valence-electron chi connectivity index (χ0n) is 17.1. The average molecular weight is 489 g/mol. The van der Waals surface area contributed by atoms with Crippen molar-refractivity contribution in [2.24, 2.45) is 0 Å². The van der Waals surface area contributed by atoms with Crippen molar-refractivity contribution in [2.45, 2.75) is 30.9 Å². The minimum Gasteiger partial charge on any atom is -0.479 e. The fourth-order valence-electron chi connectivity index (χ4n) is 3.07. The number of rotatable bonds is 6. The third kappa shape index (κ3) is 7.15. The summed E-state index contributed by atoms with van der Waals surface area (Å²) < 4.78 is 53.6. The van der Waals surface area contributed by atoms with Gasteiger partial charge in [0, 0.05) is 12.2 Å². The first kappa shape index (κ1) is 26.5. The van der Waals surface area contributed by atoms with E-state index in [9.17, 15) is 31.9 Å². The molecular formula is C21H19F4NO8. The second-order valence-electron chi connectivity index (χ2n) is 6.99. The highest BCUT2D eigenvalue weighted by atomic mass is 19.4. The predicted molar refractivity (Wildman–Crippen MR) is 107 cm³/mol. The summed E-state index contributed by atoms with van der Waals surface area (Å²) in [4.78, 5) is 33.5. The van der Waals surface area contributed by atoms with Crippen molar-refractivity contribution in [1.29, 1.82) is 0 Å². The van der Waals surface area contributed by atoms with Crippen LogP contribution in [0.25, 0.3) is 0 Å². The summed E-state index contributed by atoms with van der Waals surface area (Å²) in [5.74, 6) is -4.95. The summed E-state index contributed by atoms with van der Waals surface area (Å²) in [5.41, 5.74) is 1.08. The number of halogens is 4. The van der Waals surface area contributed by atoms with Gasteiger partial charge in [0.25, 0.3) is 0 Å². The Kier molecular flexibility index (Phi) is 8.54. The summed E-state index contributed by atoms with van der Waals surface area (Å²) in [6.45, 7) is 0.416. The molecule has 3 atom stereocenters. The number of carboxylic acid groups (broad SMARTS) is 2. The van der Waals surface area contributed by atoms with Crippen molar-refractivity contribution in [2.75, 3.05) is 11.4 Å². The van der Waals surface area contributed by atoms with Crippen molar-refractivity contribution in [3.63, 3.8) is 0 Å². The monoisotopic (exact) mass is 489 g/mol. The first-order valence-corrected chi connectivity index (χ1v) is 9.54. The van der Waals surface area contributed by atoms with E-state index in [2.05, 4.69) is 4.74 Å². The molecule has 34 heavy (non-hydrogen) atoms. The van der Waals surface area contributed by atoms with Crippen LogP contribution in [0.3, 0.4) is 0 Å². The van der Waals surface area contributed by atoms with Crippen LogP contribution < -0.4 is 9.64 Å². The molecular weight excluding hydrogens is 470 g/mol. The number of hydrogen-bond donors (Lipinski definition) is 4. The molecule has 1 unspecified atom stereocenters. The van der Waals surface area contributed by atoms with E-state index in [0.717, 1.165) is 12.1 Å². The second-order valence-corrected chi connectivity index (χ2v) is 6.99. The Labute approximate surface area is 189 Å². The predicted octanol–water partition coefficient (Wildman–Crippen LogP) is 2.12. The molecule has 9 nitrogen and oxygen atoms in total. The molecule has 0 spiro atoms. The van der Waals surface area contributed by atoms with Gasteiger partial charge in [0.05, 0.1) is 5.92 Å². The number of ether oxygens (including phenoxy) is 1. The standard InChI is InChI=1S/C17H13F4NO2.C4H6O6/c18-12-3-1-2-11(10-12)15-8-9-22(16(15)23)13-4-6-14(7-5-13)24-17(19,20)21;5-1(3(7)8)2(6)4(9)10/h1-7,10,15H,8-9H2;1-2,5-6H,(H,7,8)(H,9,10)/t;1-,2-/m.1/s1. The number of nitrogens with zero attached hydrogens (tertiary/aromatic N) is 1. The molecule has 2 aromatic rings. The van der Waals surface area contributed by atoms with Crippen LogP contribution in [0.15, 0.2) is 48.5 Å². The average Bonchev–Trinajstić information content (AvgIpc) is 3.13. The Morgan fingerprint density at radius 1 is 1.00 bits per heavy atom. The van der Waals surface area contributed by atoms with Crippen LogP contribution in [0.4, 0.5) is 23.2 Å². The van der Waals surface area contributed by atoms with E-state index in [1.165, 1.54) is 29.2 Å². The third-order valence-corrected chi connectivity index (χ3v) is 4.64. The van der Waals surface area contributed by atoms with E-state index in [0.29, 0.717) is 24.2 Å². The topological polar surface area (TPSA) is 145 Å². The van der Waals surface area contributed by atoms with Gasteiger partial charge in [0.15, 0.2) is 12.2 Å². The Bertz CT molecular complexity index is 1010. The van der Waals surface area contributed by atoms with Gasteiger partial charge in [-0.2, -0.15) is 0 Å². The molecule has 1 heterocycles. The number of alkyl halides is 3. The van der Waals surface area contributed by atoms with Crippen LogP contribution in [0.2, 0.25) is 0 Å². The molecule has 1 fully saturated rings. The fraction of sp³-hybridized carbons (Fsp3) is 0.286. The van der Waals surface area contributed by atoms with E-state index >= 15 is 0 Å². The molecule has 3 rings (SSSR count). The molecule has 0 radical (unpaired) electrons. The number of aliphatic carboxylic acids is 2. The maximum Gasteiger partial charge on any atom is 0.573 e. The number of carbonyl (C=O) groups excluding carboxylic acids is 1. The maximum atomic E-state index is 13.3. The van der Waals surface area contributed by atoms with Gasteiger partial charge in [-0.05, 0) is 48.4 Å². The SMILES string of the molecule is O=C(O)[C@H](O)[C@@H](O)C(=O)O.O=C1C(c2cccc(F)c2)CCN1c1ccc(OC(F)(F)F)cc1. The lowest BCUT2D eigenvalue weighted by Gasteiger charge is -2.18. The van der Waals surface area contributed by atoms with Gasteiger partial charge >= 0.3 is 18.3 Å². The van der Waals surface area contributed by atoms with E-state index in [1.807, 2.05) is 0 Å². The normalized spacial score (nSPS) is 17.4. The van der Waals surface area contributed by atoms with Crippen LogP contribution >= 0.6 is 0 Å². The number of aliphatic hydroxyl groups is 2. The van der Waals surface area contributed by atoms with Gasteiger partial charge in [-0.25, -0.2) is 14.0 Å². The molecule has 0 aromatic heterocycles. The number of carbonyl (C=O) groups is 3. The highest BCUT2D eigenvalue weighted by molar-refractivity contribution is 6.00. The van der Waals surface area contributed by atoms with Crippen molar-refractivity contribution < 1.29 is 57.1 Å². The first-order valence-electron chi connectivity index (χ1n) is 9.54. The molecule has 0 bridgehead atoms. The number of amides is 1. The van der Waals surface area contributed by atoms with Crippen LogP contribution in [-0.4, -0.2) is 63.4 Å². The van der Waals surface area contributed by atoms with E-state index in [-0.39, 0.29) is 11.7 Å². The first-order chi connectivity index (χ1) is 15.8. The van der Waals surface area contributed by atoms with Crippen LogP contribution in [0.5, 0.6) is 5.75 Å². The van der Waals surface area contributed by atoms with E-state index in [4.69, 9.17) is 20.4 Å². The third-order valence-electron chi connectivity index (χ3n) is 4.64.